The summed E-state index contributed by atoms with van der Waals surface area (Å²) in [6, 6.07) is 11.3. The molecule has 1 aliphatic heterocycles. The van der Waals surface area contributed by atoms with Crippen LogP contribution in [0.1, 0.15) is 18.1 Å². The van der Waals surface area contributed by atoms with E-state index in [1.165, 1.54) is 17.0 Å². The van der Waals surface area contributed by atoms with E-state index >= 15 is 0 Å². The number of alkyl halides is 3. The number of nitrogens with one attached hydrogen (secondary N) is 1. The molecule has 0 unspecified atom stereocenters. The van der Waals surface area contributed by atoms with Gasteiger partial charge in [-0.05, 0) is 43.8 Å². The first kappa shape index (κ1) is 19.9. The van der Waals surface area contributed by atoms with E-state index in [0.29, 0.717) is 23.5 Å². The molecule has 0 saturated carbocycles. The van der Waals surface area contributed by atoms with Crippen molar-refractivity contribution in [3.8, 4) is 0 Å². The predicted molar refractivity (Wildman–Crippen MR) is 99.8 cm³/mol. The Kier molecular flexibility index (Phi) is 5.42. The maximum atomic E-state index is 13.0. The molecular weight excluding hydrogens is 371 g/mol. The van der Waals surface area contributed by atoms with Crippen LogP contribution in [0.2, 0.25) is 0 Å². The number of carbonyl (C=O) groups is 2. The fourth-order valence-corrected chi connectivity index (χ4v) is 3.07. The zero-order valence-electron chi connectivity index (χ0n) is 15.5. The van der Waals surface area contributed by atoms with Gasteiger partial charge in [0.1, 0.15) is 6.54 Å². The summed E-state index contributed by atoms with van der Waals surface area (Å²) in [5.41, 5.74) is 1.15. The molecule has 1 aliphatic rings. The lowest BCUT2D eigenvalue weighted by Gasteiger charge is -2.33. The van der Waals surface area contributed by atoms with E-state index in [2.05, 4.69) is 5.32 Å². The fourth-order valence-electron chi connectivity index (χ4n) is 3.07. The van der Waals surface area contributed by atoms with E-state index < -0.39 is 17.8 Å². The summed E-state index contributed by atoms with van der Waals surface area (Å²) in [6.07, 6.45) is -4.38. The number of fused-ring (bicyclic) bond motifs is 1. The minimum atomic E-state index is -4.38. The molecule has 0 radical (unpaired) electrons. The van der Waals surface area contributed by atoms with Gasteiger partial charge < -0.3 is 5.32 Å². The maximum Gasteiger partial charge on any atom is 0.416 e. The summed E-state index contributed by atoms with van der Waals surface area (Å²) in [5, 5.41) is 2.73. The van der Waals surface area contributed by atoms with Crippen molar-refractivity contribution in [2.75, 3.05) is 23.8 Å². The standard InChI is InChI=1S/C20H20F3N3O2/c1-13(25(2)11-14-7-9-15(10-8-14)20(21,22)23)19(28)26-12-18(27)24-16-5-3-4-6-17(16)26/h3-10,13H,11-12H2,1-2H3,(H,24,27)/t13-/m1/s1. The Balaban J connectivity index is 1.72. The topological polar surface area (TPSA) is 52.7 Å². The summed E-state index contributed by atoms with van der Waals surface area (Å²) < 4.78 is 38.0. The van der Waals surface area contributed by atoms with E-state index in [-0.39, 0.29) is 18.4 Å². The summed E-state index contributed by atoms with van der Waals surface area (Å²) in [4.78, 5) is 28.1. The molecule has 0 spiro atoms. The van der Waals surface area contributed by atoms with Crippen LogP contribution in [-0.4, -0.2) is 36.3 Å². The maximum absolute atomic E-state index is 13.0. The van der Waals surface area contributed by atoms with Gasteiger partial charge in [0.15, 0.2) is 0 Å². The van der Waals surface area contributed by atoms with Crippen LogP contribution < -0.4 is 10.2 Å². The highest BCUT2D eigenvalue weighted by molar-refractivity contribution is 6.11. The minimum Gasteiger partial charge on any atom is -0.323 e. The van der Waals surface area contributed by atoms with Crippen LogP contribution in [0.5, 0.6) is 0 Å². The highest BCUT2D eigenvalue weighted by atomic mass is 19.4. The van der Waals surface area contributed by atoms with Crippen molar-refractivity contribution >= 4 is 23.2 Å². The molecule has 0 bridgehead atoms. The van der Waals surface area contributed by atoms with E-state index in [1.807, 2.05) is 0 Å². The first-order valence-electron chi connectivity index (χ1n) is 8.73. The molecule has 3 rings (SSSR count). The number of hydrogen-bond acceptors (Lipinski definition) is 3. The zero-order valence-corrected chi connectivity index (χ0v) is 15.5. The van der Waals surface area contributed by atoms with Crippen LogP contribution in [0.3, 0.4) is 0 Å². The molecule has 1 N–H and O–H groups in total. The van der Waals surface area contributed by atoms with Crippen LogP contribution in [0, 0.1) is 0 Å². The molecule has 2 aromatic rings. The van der Waals surface area contributed by atoms with Gasteiger partial charge >= 0.3 is 6.18 Å². The van der Waals surface area contributed by atoms with Gasteiger partial charge in [-0.2, -0.15) is 13.2 Å². The average Bonchev–Trinajstić information content (AvgIpc) is 2.65. The largest absolute Gasteiger partial charge is 0.416 e. The lowest BCUT2D eigenvalue weighted by molar-refractivity contribution is -0.137. The van der Waals surface area contributed by atoms with Crippen molar-refractivity contribution in [1.82, 2.24) is 4.90 Å². The molecule has 5 nitrogen and oxygen atoms in total. The SMILES string of the molecule is C[C@H](C(=O)N1CC(=O)Nc2ccccc21)N(C)Cc1ccc(C(F)(F)F)cc1. The number of carbonyl (C=O) groups excluding carboxylic acids is 2. The number of nitrogens with zero attached hydrogens (tertiary/aromatic N) is 2. The quantitative estimate of drug-likeness (QED) is 0.868. The Morgan fingerprint density at radius 2 is 1.82 bits per heavy atom. The molecule has 148 valence electrons. The Morgan fingerprint density at radius 1 is 1.18 bits per heavy atom. The molecule has 2 aromatic carbocycles. The molecule has 2 amide bonds. The third kappa shape index (κ3) is 4.17. The van der Waals surface area contributed by atoms with Crippen molar-refractivity contribution < 1.29 is 22.8 Å². The fraction of sp³-hybridized carbons (Fsp3) is 0.300. The molecule has 0 fully saturated rings. The molecule has 28 heavy (non-hydrogen) atoms. The smallest absolute Gasteiger partial charge is 0.323 e. The average molecular weight is 391 g/mol. The summed E-state index contributed by atoms with van der Waals surface area (Å²) in [5.74, 6) is -0.527. The third-order valence-electron chi connectivity index (χ3n) is 4.77. The summed E-state index contributed by atoms with van der Waals surface area (Å²) in [6.45, 7) is 1.93. The highest BCUT2D eigenvalue weighted by Gasteiger charge is 2.32. The van der Waals surface area contributed by atoms with Gasteiger partial charge in [-0.25, -0.2) is 0 Å². The minimum absolute atomic E-state index is 0.0751. The second-order valence-electron chi connectivity index (χ2n) is 6.78. The molecule has 8 heteroatoms. The number of anilines is 2. The number of likely N-dealkylation sites (N-methyl/N-ethyl adjacent to an activating group) is 1. The van der Waals surface area contributed by atoms with E-state index in [4.69, 9.17) is 0 Å². The van der Waals surface area contributed by atoms with Gasteiger partial charge in [0.2, 0.25) is 11.8 Å². The number of amides is 2. The van der Waals surface area contributed by atoms with Gasteiger partial charge in [-0.1, -0.05) is 24.3 Å². The first-order chi connectivity index (χ1) is 13.2. The van der Waals surface area contributed by atoms with E-state index in [9.17, 15) is 22.8 Å². The number of para-hydroxylation sites is 2. The molecule has 1 heterocycles. The monoisotopic (exact) mass is 391 g/mol. The van der Waals surface area contributed by atoms with Crippen LogP contribution in [0.4, 0.5) is 24.5 Å². The zero-order chi connectivity index (χ0) is 20.5. The van der Waals surface area contributed by atoms with Crippen LogP contribution in [0.25, 0.3) is 0 Å². The molecule has 0 aliphatic carbocycles. The van der Waals surface area contributed by atoms with Crippen LogP contribution in [0.15, 0.2) is 48.5 Å². The van der Waals surface area contributed by atoms with Gasteiger partial charge in [0, 0.05) is 6.54 Å². The Labute approximate surface area is 160 Å². The van der Waals surface area contributed by atoms with Gasteiger partial charge in [-0.3, -0.25) is 19.4 Å². The Morgan fingerprint density at radius 3 is 2.46 bits per heavy atom. The van der Waals surface area contributed by atoms with Crippen molar-refractivity contribution in [2.24, 2.45) is 0 Å². The molecular formula is C20H20F3N3O2. The molecule has 0 saturated heterocycles. The van der Waals surface area contributed by atoms with Gasteiger partial charge in [0.05, 0.1) is 23.0 Å². The van der Waals surface area contributed by atoms with Gasteiger partial charge in [-0.15, -0.1) is 0 Å². The summed E-state index contributed by atoms with van der Waals surface area (Å²) >= 11 is 0. The lowest BCUT2D eigenvalue weighted by Crippen LogP contribution is -2.50. The normalized spacial score (nSPS) is 15.2. The number of hydrogen-bond donors (Lipinski definition) is 1. The first-order valence-corrected chi connectivity index (χ1v) is 8.73. The number of halogens is 3. The van der Waals surface area contributed by atoms with Crippen LogP contribution >= 0.6 is 0 Å². The van der Waals surface area contributed by atoms with Crippen molar-refractivity contribution in [3.05, 3.63) is 59.7 Å². The number of benzene rings is 2. The van der Waals surface area contributed by atoms with E-state index in [0.717, 1.165) is 12.1 Å². The molecule has 1 atom stereocenters. The van der Waals surface area contributed by atoms with E-state index in [1.54, 1.807) is 43.1 Å². The highest BCUT2D eigenvalue weighted by Crippen LogP contribution is 2.31. The van der Waals surface area contributed by atoms with Gasteiger partial charge in [0.25, 0.3) is 0 Å². The predicted octanol–water partition coefficient (Wildman–Crippen LogP) is 3.51. The van der Waals surface area contributed by atoms with Crippen molar-refractivity contribution in [3.63, 3.8) is 0 Å². The second-order valence-corrected chi connectivity index (χ2v) is 6.78. The summed E-state index contributed by atoms with van der Waals surface area (Å²) in [7, 11) is 1.72. The molecule has 0 aromatic heterocycles. The lowest BCUT2D eigenvalue weighted by atomic mass is 10.1. The second kappa shape index (κ2) is 7.63. The van der Waals surface area contributed by atoms with Crippen molar-refractivity contribution in [2.45, 2.75) is 25.7 Å². The van der Waals surface area contributed by atoms with Crippen molar-refractivity contribution in [1.29, 1.82) is 0 Å². The third-order valence-corrected chi connectivity index (χ3v) is 4.77. The van der Waals surface area contributed by atoms with Crippen LogP contribution in [-0.2, 0) is 22.3 Å². The Hall–Kier alpha value is -2.87. The Bertz CT molecular complexity index is 881. The number of rotatable bonds is 4.